The molecular weight excluding hydrogens is 190 g/mol. The van der Waals surface area contributed by atoms with E-state index in [9.17, 15) is 0 Å². The van der Waals surface area contributed by atoms with Crippen molar-refractivity contribution in [1.82, 2.24) is 15.1 Å². The first-order chi connectivity index (χ1) is 7.22. The Hall–Kier alpha value is -1.03. The summed E-state index contributed by atoms with van der Waals surface area (Å²) in [5, 5.41) is 7.62. The summed E-state index contributed by atoms with van der Waals surface area (Å²) in [7, 11) is 1.98. The maximum atomic E-state index is 5.82. The molecule has 2 heterocycles. The Labute approximate surface area is 90.6 Å². The molecule has 1 unspecified atom stereocenters. The lowest BCUT2D eigenvalue weighted by Gasteiger charge is -2.12. The largest absolute Gasteiger partial charge is 0.476 e. The third-order valence-corrected chi connectivity index (χ3v) is 2.96. The van der Waals surface area contributed by atoms with E-state index >= 15 is 0 Å². The van der Waals surface area contributed by atoms with E-state index in [4.69, 9.17) is 4.74 Å². The molecule has 0 amide bonds. The van der Waals surface area contributed by atoms with E-state index in [1.54, 1.807) is 0 Å². The molecule has 0 bridgehead atoms. The lowest BCUT2D eigenvalue weighted by molar-refractivity contribution is 0.266. The highest BCUT2D eigenvalue weighted by Crippen LogP contribution is 2.28. The van der Waals surface area contributed by atoms with Gasteiger partial charge in [0.05, 0.1) is 6.20 Å². The summed E-state index contributed by atoms with van der Waals surface area (Å²) in [5.74, 6) is 1.43. The number of fused-ring (bicyclic) bond motifs is 1. The molecule has 0 radical (unpaired) electrons. The van der Waals surface area contributed by atoms with Crippen molar-refractivity contribution in [2.24, 2.45) is 0 Å². The van der Waals surface area contributed by atoms with Gasteiger partial charge in [-0.15, -0.1) is 0 Å². The molecule has 0 saturated heterocycles. The molecule has 0 spiro atoms. The standard InChI is InChI=1S/C11H19N3O/c1-8(2)10-6-13-14-5-4-9(12-3)7-15-11(10)14/h6,8-9,12H,4-5,7H2,1-3H3. The summed E-state index contributed by atoms with van der Waals surface area (Å²) in [6.45, 7) is 6.01. The van der Waals surface area contributed by atoms with E-state index < -0.39 is 0 Å². The number of ether oxygens (including phenoxy) is 1. The monoisotopic (exact) mass is 209 g/mol. The van der Waals surface area contributed by atoms with Crippen LogP contribution in [0.4, 0.5) is 0 Å². The Balaban J connectivity index is 2.21. The number of nitrogens with zero attached hydrogens (tertiary/aromatic N) is 2. The number of nitrogens with one attached hydrogen (secondary N) is 1. The Bertz CT molecular complexity index is 333. The lowest BCUT2D eigenvalue weighted by Crippen LogP contribution is -2.31. The SMILES string of the molecule is CNC1CCn2ncc(C(C)C)c2OC1. The maximum absolute atomic E-state index is 5.82. The van der Waals surface area contributed by atoms with Crippen molar-refractivity contribution in [3.8, 4) is 5.88 Å². The Morgan fingerprint density at radius 2 is 2.40 bits per heavy atom. The number of likely N-dealkylation sites (N-methyl/N-ethyl adjacent to an activating group) is 1. The molecular formula is C11H19N3O. The summed E-state index contributed by atoms with van der Waals surface area (Å²) in [4.78, 5) is 0. The first-order valence-electron chi connectivity index (χ1n) is 5.58. The van der Waals surface area contributed by atoms with E-state index in [2.05, 4.69) is 24.3 Å². The zero-order valence-electron chi connectivity index (χ0n) is 9.66. The van der Waals surface area contributed by atoms with Crippen molar-refractivity contribution in [3.63, 3.8) is 0 Å². The van der Waals surface area contributed by atoms with Crippen molar-refractivity contribution in [2.45, 2.75) is 38.8 Å². The molecule has 4 nitrogen and oxygen atoms in total. The molecule has 4 heteroatoms. The summed E-state index contributed by atoms with van der Waals surface area (Å²) in [6.07, 6.45) is 3.00. The molecule has 0 aliphatic carbocycles. The minimum Gasteiger partial charge on any atom is -0.476 e. The van der Waals surface area contributed by atoms with Crippen LogP contribution >= 0.6 is 0 Å². The highest BCUT2D eigenvalue weighted by molar-refractivity contribution is 5.27. The molecule has 1 aliphatic rings. The Kier molecular flexibility index (Phi) is 2.95. The van der Waals surface area contributed by atoms with Crippen LogP contribution in [0.5, 0.6) is 5.88 Å². The quantitative estimate of drug-likeness (QED) is 0.799. The Morgan fingerprint density at radius 1 is 1.60 bits per heavy atom. The average Bonchev–Trinajstić information content (AvgIpc) is 2.52. The van der Waals surface area contributed by atoms with Gasteiger partial charge < -0.3 is 10.1 Å². The predicted molar refractivity (Wildman–Crippen MR) is 59.3 cm³/mol. The van der Waals surface area contributed by atoms with Gasteiger partial charge in [0.1, 0.15) is 6.61 Å². The molecule has 1 aliphatic heterocycles. The van der Waals surface area contributed by atoms with E-state index in [1.807, 2.05) is 17.9 Å². The van der Waals surface area contributed by atoms with Crippen LogP contribution in [-0.2, 0) is 6.54 Å². The van der Waals surface area contributed by atoms with Gasteiger partial charge in [-0.2, -0.15) is 5.10 Å². The number of rotatable bonds is 2. The number of hydrogen-bond acceptors (Lipinski definition) is 3. The summed E-state index contributed by atoms with van der Waals surface area (Å²) in [6, 6.07) is 0.437. The fourth-order valence-electron chi connectivity index (χ4n) is 1.87. The van der Waals surface area contributed by atoms with Crippen LogP contribution in [0.25, 0.3) is 0 Å². The van der Waals surface area contributed by atoms with Crippen molar-refractivity contribution in [2.75, 3.05) is 13.7 Å². The van der Waals surface area contributed by atoms with Gasteiger partial charge in [0, 0.05) is 18.2 Å². The van der Waals surface area contributed by atoms with Gasteiger partial charge in [0.15, 0.2) is 0 Å². The number of hydrogen-bond donors (Lipinski definition) is 1. The van der Waals surface area contributed by atoms with E-state index in [0.29, 0.717) is 12.0 Å². The normalized spacial score (nSPS) is 20.9. The van der Waals surface area contributed by atoms with Crippen LogP contribution < -0.4 is 10.1 Å². The van der Waals surface area contributed by atoms with Gasteiger partial charge in [-0.1, -0.05) is 13.8 Å². The third kappa shape index (κ3) is 2.00. The highest BCUT2D eigenvalue weighted by Gasteiger charge is 2.20. The molecule has 1 aromatic heterocycles. The van der Waals surface area contributed by atoms with Gasteiger partial charge in [0.2, 0.25) is 5.88 Å². The van der Waals surface area contributed by atoms with Gasteiger partial charge in [-0.05, 0) is 19.4 Å². The molecule has 1 aromatic rings. The van der Waals surface area contributed by atoms with Crippen molar-refractivity contribution in [1.29, 1.82) is 0 Å². The molecule has 84 valence electrons. The minimum absolute atomic E-state index is 0.437. The fourth-order valence-corrected chi connectivity index (χ4v) is 1.87. The second kappa shape index (κ2) is 4.23. The zero-order valence-corrected chi connectivity index (χ0v) is 9.66. The lowest BCUT2D eigenvalue weighted by atomic mass is 10.1. The second-order valence-electron chi connectivity index (χ2n) is 4.37. The maximum Gasteiger partial charge on any atom is 0.215 e. The van der Waals surface area contributed by atoms with Crippen molar-refractivity contribution < 1.29 is 4.74 Å². The smallest absolute Gasteiger partial charge is 0.215 e. The third-order valence-electron chi connectivity index (χ3n) is 2.96. The van der Waals surface area contributed by atoms with Crippen molar-refractivity contribution >= 4 is 0 Å². The molecule has 0 saturated carbocycles. The van der Waals surface area contributed by atoms with E-state index in [-0.39, 0.29) is 0 Å². The average molecular weight is 209 g/mol. The second-order valence-corrected chi connectivity index (χ2v) is 4.37. The van der Waals surface area contributed by atoms with Gasteiger partial charge in [0.25, 0.3) is 0 Å². The number of aromatic nitrogens is 2. The molecule has 2 rings (SSSR count). The topological polar surface area (TPSA) is 39.1 Å². The summed E-state index contributed by atoms with van der Waals surface area (Å²) < 4.78 is 7.80. The predicted octanol–water partition coefficient (Wildman–Crippen LogP) is 1.38. The highest BCUT2D eigenvalue weighted by atomic mass is 16.5. The molecule has 1 N–H and O–H groups in total. The van der Waals surface area contributed by atoms with Crippen LogP contribution in [0.1, 0.15) is 31.7 Å². The van der Waals surface area contributed by atoms with Crippen LogP contribution in [0.3, 0.4) is 0 Å². The fraction of sp³-hybridized carbons (Fsp3) is 0.727. The number of aryl methyl sites for hydroxylation is 1. The minimum atomic E-state index is 0.437. The summed E-state index contributed by atoms with van der Waals surface area (Å²) >= 11 is 0. The van der Waals surface area contributed by atoms with E-state index in [0.717, 1.165) is 25.5 Å². The van der Waals surface area contributed by atoms with E-state index in [1.165, 1.54) is 5.56 Å². The molecule has 15 heavy (non-hydrogen) atoms. The Morgan fingerprint density at radius 3 is 3.07 bits per heavy atom. The summed E-state index contributed by atoms with van der Waals surface area (Å²) in [5.41, 5.74) is 1.21. The van der Waals surface area contributed by atoms with Crippen LogP contribution in [0, 0.1) is 0 Å². The van der Waals surface area contributed by atoms with Crippen molar-refractivity contribution in [3.05, 3.63) is 11.8 Å². The van der Waals surface area contributed by atoms with Gasteiger partial charge in [-0.3, -0.25) is 0 Å². The zero-order chi connectivity index (χ0) is 10.8. The first kappa shape index (κ1) is 10.5. The molecule has 1 atom stereocenters. The van der Waals surface area contributed by atoms with Crippen LogP contribution in [0.15, 0.2) is 6.20 Å². The molecule has 0 fully saturated rings. The van der Waals surface area contributed by atoms with Gasteiger partial charge in [-0.25, -0.2) is 4.68 Å². The van der Waals surface area contributed by atoms with Crippen LogP contribution in [-0.4, -0.2) is 29.5 Å². The first-order valence-corrected chi connectivity index (χ1v) is 5.58. The van der Waals surface area contributed by atoms with Crippen LogP contribution in [0.2, 0.25) is 0 Å². The molecule has 0 aromatic carbocycles. The van der Waals surface area contributed by atoms with Gasteiger partial charge >= 0.3 is 0 Å².